The number of nitrogens with zero attached hydrogens (tertiary/aromatic N) is 2. The van der Waals surface area contributed by atoms with Crippen LogP contribution in [0.3, 0.4) is 0 Å². The molecule has 0 amide bonds. The standard InChI is InChI=1S/C23H23FN2/c24-23-10-9-18(13-19(23)11-12-25)20-14-21-7-4-8-22(15-20)26(21)16-17-5-2-1-3-6-17/h1-3,5-6,9-10,13-14,21-22H,4,7-8,11,15-16H2. The molecule has 0 spiro atoms. The molecule has 4 rings (SSSR count). The summed E-state index contributed by atoms with van der Waals surface area (Å²) in [6.45, 7) is 0.989. The van der Waals surface area contributed by atoms with E-state index in [2.05, 4.69) is 47.4 Å². The fourth-order valence-corrected chi connectivity index (χ4v) is 4.37. The van der Waals surface area contributed by atoms with Crippen LogP contribution in [0.4, 0.5) is 4.39 Å². The lowest BCUT2D eigenvalue weighted by Gasteiger charge is -2.45. The van der Waals surface area contributed by atoms with Crippen LogP contribution in [0.1, 0.15) is 42.4 Å². The number of fused-ring (bicyclic) bond motifs is 2. The van der Waals surface area contributed by atoms with Gasteiger partial charge in [-0.15, -0.1) is 0 Å². The Morgan fingerprint density at radius 2 is 1.96 bits per heavy atom. The van der Waals surface area contributed by atoms with Gasteiger partial charge in [0.2, 0.25) is 0 Å². The van der Waals surface area contributed by atoms with E-state index in [9.17, 15) is 4.39 Å². The molecule has 0 N–H and O–H groups in total. The molecule has 132 valence electrons. The van der Waals surface area contributed by atoms with E-state index in [1.807, 2.05) is 12.1 Å². The molecule has 2 bridgehead atoms. The molecular formula is C23H23FN2. The summed E-state index contributed by atoms with van der Waals surface area (Å²) in [6, 6.07) is 19.0. The molecular weight excluding hydrogens is 323 g/mol. The molecule has 2 nitrogen and oxygen atoms in total. The lowest BCUT2D eigenvalue weighted by molar-refractivity contribution is 0.0951. The number of piperidine rings is 1. The second-order valence-electron chi connectivity index (χ2n) is 7.35. The number of rotatable bonds is 4. The summed E-state index contributed by atoms with van der Waals surface area (Å²) in [5, 5.41) is 8.91. The zero-order valence-corrected chi connectivity index (χ0v) is 14.9. The highest BCUT2D eigenvalue weighted by molar-refractivity contribution is 5.68. The van der Waals surface area contributed by atoms with E-state index in [-0.39, 0.29) is 12.2 Å². The van der Waals surface area contributed by atoms with Crippen molar-refractivity contribution in [3.05, 3.63) is 77.1 Å². The molecule has 2 aromatic carbocycles. The van der Waals surface area contributed by atoms with Crippen LogP contribution in [-0.2, 0) is 13.0 Å². The van der Waals surface area contributed by atoms with Crippen molar-refractivity contribution in [1.82, 2.24) is 4.90 Å². The van der Waals surface area contributed by atoms with Crippen LogP contribution >= 0.6 is 0 Å². The Bertz CT molecular complexity index is 850. The first kappa shape index (κ1) is 17.0. The van der Waals surface area contributed by atoms with Crippen molar-refractivity contribution >= 4 is 5.57 Å². The first-order valence-corrected chi connectivity index (χ1v) is 9.40. The SMILES string of the molecule is N#CCc1cc(C2=CC3CCCC(C2)N3Cc2ccccc2)ccc1F. The molecule has 26 heavy (non-hydrogen) atoms. The van der Waals surface area contributed by atoms with Crippen molar-refractivity contribution in [2.24, 2.45) is 0 Å². The molecule has 2 aromatic rings. The van der Waals surface area contributed by atoms with Crippen molar-refractivity contribution in [3.8, 4) is 6.07 Å². The summed E-state index contributed by atoms with van der Waals surface area (Å²) in [6.07, 6.45) is 7.17. The van der Waals surface area contributed by atoms with Crippen LogP contribution in [-0.4, -0.2) is 17.0 Å². The summed E-state index contributed by atoms with van der Waals surface area (Å²) in [5.41, 5.74) is 4.25. The monoisotopic (exact) mass is 346 g/mol. The molecule has 2 heterocycles. The number of benzene rings is 2. The number of hydrogen-bond acceptors (Lipinski definition) is 2. The second kappa shape index (κ2) is 7.43. The van der Waals surface area contributed by atoms with Gasteiger partial charge in [-0.1, -0.05) is 48.9 Å². The molecule has 1 saturated heterocycles. The molecule has 2 unspecified atom stereocenters. The van der Waals surface area contributed by atoms with Gasteiger partial charge >= 0.3 is 0 Å². The van der Waals surface area contributed by atoms with Crippen LogP contribution in [0.2, 0.25) is 0 Å². The molecule has 3 heteroatoms. The highest BCUT2D eigenvalue weighted by Gasteiger charge is 2.34. The van der Waals surface area contributed by atoms with E-state index >= 15 is 0 Å². The van der Waals surface area contributed by atoms with Crippen LogP contribution in [0, 0.1) is 17.1 Å². The summed E-state index contributed by atoms with van der Waals surface area (Å²) in [4.78, 5) is 2.63. The van der Waals surface area contributed by atoms with Crippen molar-refractivity contribution < 1.29 is 4.39 Å². The minimum atomic E-state index is -0.280. The van der Waals surface area contributed by atoms with Gasteiger partial charge in [0.15, 0.2) is 0 Å². The van der Waals surface area contributed by atoms with Gasteiger partial charge in [-0.2, -0.15) is 5.26 Å². The zero-order chi connectivity index (χ0) is 17.9. The molecule has 0 aromatic heterocycles. The van der Waals surface area contributed by atoms with Gasteiger partial charge in [-0.25, -0.2) is 4.39 Å². The van der Waals surface area contributed by atoms with Crippen molar-refractivity contribution in [3.63, 3.8) is 0 Å². The summed E-state index contributed by atoms with van der Waals surface area (Å²) in [7, 11) is 0. The first-order chi connectivity index (χ1) is 12.7. The van der Waals surface area contributed by atoms with E-state index in [0.29, 0.717) is 17.6 Å². The highest BCUT2D eigenvalue weighted by Crippen LogP contribution is 2.38. The predicted octanol–water partition coefficient (Wildman–Crippen LogP) is 5.10. The number of nitriles is 1. The Balaban J connectivity index is 1.60. The van der Waals surface area contributed by atoms with Crippen LogP contribution in [0.5, 0.6) is 0 Å². The smallest absolute Gasteiger partial charge is 0.127 e. The van der Waals surface area contributed by atoms with E-state index < -0.39 is 0 Å². The van der Waals surface area contributed by atoms with Gasteiger partial charge in [-0.05, 0) is 48.1 Å². The maximum atomic E-state index is 13.9. The molecule has 0 saturated carbocycles. The predicted molar refractivity (Wildman–Crippen MR) is 102 cm³/mol. The van der Waals surface area contributed by atoms with Gasteiger partial charge in [-0.3, -0.25) is 4.90 Å². The molecule has 2 aliphatic heterocycles. The molecule has 0 aliphatic carbocycles. The fraction of sp³-hybridized carbons (Fsp3) is 0.348. The van der Waals surface area contributed by atoms with Crippen molar-refractivity contribution in [1.29, 1.82) is 5.26 Å². The Labute approximate surface area is 154 Å². The summed E-state index contributed by atoms with van der Waals surface area (Å²) in [5.74, 6) is -0.280. The molecule has 1 fully saturated rings. The quantitative estimate of drug-likeness (QED) is 0.770. The minimum Gasteiger partial charge on any atom is -0.289 e. The maximum absolute atomic E-state index is 13.9. The Hall–Kier alpha value is -2.44. The Kier molecular flexibility index (Phi) is 4.86. The van der Waals surface area contributed by atoms with Gasteiger partial charge in [0, 0.05) is 24.2 Å². The van der Waals surface area contributed by atoms with Crippen LogP contribution in [0.15, 0.2) is 54.6 Å². The van der Waals surface area contributed by atoms with Gasteiger partial charge in [0.25, 0.3) is 0 Å². The Morgan fingerprint density at radius 3 is 2.73 bits per heavy atom. The average molecular weight is 346 g/mol. The van der Waals surface area contributed by atoms with Gasteiger partial charge < -0.3 is 0 Å². The van der Waals surface area contributed by atoms with Crippen molar-refractivity contribution in [2.75, 3.05) is 0 Å². The van der Waals surface area contributed by atoms with E-state index in [1.165, 1.54) is 36.5 Å². The van der Waals surface area contributed by atoms with Crippen LogP contribution in [0.25, 0.3) is 5.57 Å². The lowest BCUT2D eigenvalue weighted by atomic mass is 9.82. The third kappa shape index (κ3) is 3.43. The third-order valence-corrected chi connectivity index (χ3v) is 5.68. The van der Waals surface area contributed by atoms with Gasteiger partial charge in [0.1, 0.15) is 5.82 Å². The van der Waals surface area contributed by atoms with E-state index in [4.69, 9.17) is 5.26 Å². The van der Waals surface area contributed by atoms with Crippen LogP contribution < -0.4 is 0 Å². The number of halogens is 1. The molecule has 2 atom stereocenters. The first-order valence-electron chi connectivity index (χ1n) is 9.40. The largest absolute Gasteiger partial charge is 0.289 e. The minimum absolute atomic E-state index is 0.125. The van der Waals surface area contributed by atoms with E-state index in [1.54, 1.807) is 0 Å². The second-order valence-corrected chi connectivity index (χ2v) is 7.35. The topological polar surface area (TPSA) is 27.0 Å². The average Bonchev–Trinajstić information content (AvgIpc) is 2.64. The molecule has 2 aliphatic rings. The maximum Gasteiger partial charge on any atom is 0.127 e. The van der Waals surface area contributed by atoms with Crippen molar-refractivity contribution in [2.45, 2.75) is 50.7 Å². The summed E-state index contributed by atoms with van der Waals surface area (Å²) < 4.78 is 13.9. The third-order valence-electron chi connectivity index (χ3n) is 5.68. The molecule has 0 radical (unpaired) electrons. The van der Waals surface area contributed by atoms with Gasteiger partial charge in [0.05, 0.1) is 12.5 Å². The fourth-order valence-electron chi connectivity index (χ4n) is 4.37. The summed E-state index contributed by atoms with van der Waals surface area (Å²) >= 11 is 0. The Morgan fingerprint density at radius 1 is 1.12 bits per heavy atom. The highest BCUT2D eigenvalue weighted by atomic mass is 19.1. The number of hydrogen-bond donors (Lipinski definition) is 0. The zero-order valence-electron chi connectivity index (χ0n) is 14.9. The van der Waals surface area contributed by atoms with E-state index in [0.717, 1.165) is 18.5 Å². The normalized spacial score (nSPS) is 22.5. The lowest BCUT2D eigenvalue weighted by Crippen LogP contribution is -2.47.